The van der Waals surface area contributed by atoms with Crippen molar-refractivity contribution in [1.82, 2.24) is 15.5 Å². The number of carbonyl (C=O) groups excluding carboxylic acids is 3. The van der Waals surface area contributed by atoms with Crippen molar-refractivity contribution in [3.8, 4) is 5.75 Å². The molecule has 1 fully saturated rings. The summed E-state index contributed by atoms with van der Waals surface area (Å²) in [5.41, 5.74) is -0.0951. The summed E-state index contributed by atoms with van der Waals surface area (Å²) in [6.45, 7) is 15.5. The summed E-state index contributed by atoms with van der Waals surface area (Å²) in [6, 6.07) is 4.50. The Balaban J connectivity index is 2.56. The first kappa shape index (κ1) is 33.4. The predicted octanol–water partition coefficient (Wildman–Crippen LogP) is 6.47. The molecule has 3 N–H and O–H groups in total. The number of rotatable bonds is 12. The minimum absolute atomic E-state index is 0.0639. The standard InChI is InChI=1S/C32H53N3O5/c1-9-22(4)27(34-31(39)40-32(6,7)8)30(38)35(23(5)16-15-21(2)3)28(24-17-19-26(36)20-18-24)29(37)33-25-13-11-10-12-14-25/h17-23,25,27-28,36H,9-16H2,1-8H3,(H,33,37)(H,34,39). The molecular formula is C32H53N3O5. The Morgan fingerprint density at radius 1 is 1.00 bits per heavy atom. The molecule has 0 bridgehead atoms. The smallest absolute Gasteiger partial charge is 0.408 e. The molecule has 0 aromatic heterocycles. The molecule has 2 rings (SSSR count). The van der Waals surface area contributed by atoms with Crippen LogP contribution >= 0.6 is 0 Å². The highest BCUT2D eigenvalue weighted by Gasteiger charge is 2.40. The van der Waals surface area contributed by atoms with Crippen LogP contribution in [0.3, 0.4) is 0 Å². The lowest BCUT2D eigenvalue weighted by molar-refractivity contribution is -0.146. The number of phenols is 1. The van der Waals surface area contributed by atoms with Crippen LogP contribution in [0.25, 0.3) is 0 Å². The van der Waals surface area contributed by atoms with Crippen molar-refractivity contribution in [3.63, 3.8) is 0 Å². The zero-order chi connectivity index (χ0) is 30.0. The van der Waals surface area contributed by atoms with E-state index in [-0.39, 0.29) is 35.6 Å². The quantitative estimate of drug-likeness (QED) is 0.272. The fourth-order valence-corrected chi connectivity index (χ4v) is 5.21. The number of benzene rings is 1. The summed E-state index contributed by atoms with van der Waals surface area (Å²) in [5, 5.41) is 16.1. The predicted molar refractivity (Wildman–Crippen MR) is 159 cm³/mol. The number of phenolic OH excluding ortho intramolecular Hbond substituents is 1. The lowest BCUT2D eigenvalue weighted by Crippen LogP contribution is -2.58. The van der Waals surface area contributed by atoms with Crippen LogP contribution in [0.2, 0.25) is 0 Å². The second-order valence-corrected chi connectivity index (χ2v) is 12.9. The van der Waals surface area contributed by atoms with Crippen LogP contribution in [0.15, 0.2) is 24.3 Å². The van der Waals surface area contributed by atoms with Gasteiger partial charge in [-0.25, -0.2) is 4.79 Å². The van der Waals surface area contributed by atoms with Crippen molar-refractivity contribution in [3.05, 3.63) is 29.8 Å². The van der Waals surface area contributed by atoms with Crippen LogP contribution < -0.4 is 10.6 Å². The third-order valence-electron chi connectivity index (χ3n) is 7.73. The Morgan fingerprint density at radius 2 is 1.60 bits per heavy atom. The van der Waals surface area contributed by atoms with Gasteiger partial charge in [-0.3, -0.25) is 9.59 Å². The van der Waals surface area contributed by atoms with Gasteiger partial charge in [-0.05, 0) is 82.9 Å². The highest BCUT2D eigenvalue weighted by atomic mass is 16.6. The molecule has 3 amide bonds. The van der Waals surface area contributed by atoms with Crippen molar-refractivity contribution in [2.45, 2.75) is 137 Å². The summed E-state index contributed by atoms with van der Waals surface area (Å²) >= 11 is 0. The first-order valence-electron chi connectivity index (χ1n) is 15.1. The van der Waals surface area contributed by atoms with Gasteiger partial charge in [0.15, 0.2) is 0 Å². The maximum absolute atomic E-state index is 14.5. The van der Waals surface area contributed by atoms with Gasteiger partial charge in [-0.1, -0.05) is 65.5 Å². The van der Waals surface area contributed by atoms with Crippen LogP contribution in [0, 0.1) is 11.8 Å². The van der Waals surface area contributed by atoms with Crippen molar-refractivity contribution in [1.29, 1.82) is 0 Å². The molecule has 0 heterocycles. The minimum atomic E-state index is -0.913. The van der Waals surface area contributed by atoms with Crippen LogP contribution in [0.5, 0.6) is 5.75 Å². The number of hydrogen-bond acceptors (Lipinski definition) is 5. The van der Waals surface area contributed by atoms with E-state index >= 15 is 0 Å². The molecule has 1 saturated carbocycles. The third-order valence-corrected chi connectivity index (χ3v) is 7.73. The van der Waals surface area contributed by atoms with Crippen LogP contribution in [0.1, 0.15) is 118 Å². The Bertz CT molecular complexity index is 950. The summed E-state index contributed by atoms with van der Waals surface area (Å²) in [6.07, 6.45) is 6.71. The number of amides is 3. The Morgan fingerprint density at radius 3 is 2.12 bits per heavy atom. The Labute approximate surface area is 241 Å². The Hall–Kier alpha value is -2.77. The van der Waals surface area contributed by atoms with E-state index in [0.717, 1.165) is 38.5 Å². The number of carbonyl (C=O) groups is 3. The fraction of sp³-hybridized carbons (Fsp3) is 0.719. The molecule has 0 spiro atoms. The van der Waals surface area contributed by atoms with Gasteiger partial charge in [0.05, 0.1) is 0 Å². The maximum Gasteiger partial charge on any atom is 0.408 e. The van der Waals surface area contributed by atoms with Crippen molar-refractivity contribution < 1.29 is 24.2 Å². The van der Waals surface area contributed by atoms with Gasteiger partial charge in [0.25, 0.3) is 0 Å². The lowest BCUT2D eigenvalue weighted by atomic mass is 9.92. The van der Waals surface area contributed by atoms with E-state index in [2.05, 4.69) is 24.5 Å². The molecule has 0 aliphatic heterocycles. The zero-order valence-corrected chi connectivity index (χ0v) is 26.0. The van der Waals surface area contributed by atoms with Crippen molar-refractivity contribution in [2.24, 2.45) is 11.8 Å². The number of nitrogens with one attached hydrogen (secondary N) is 2. The zero-order valence-electron chi connectivity index (χ0n) is 26.0. The van der Waals surface area contributed by atoms with E-state index < -0.39 is 23.8 Å². The maximum atomic E-state index is 14.5. The molecule has 1 aliphatic rings. The summed E-state index contributed by atoms with van der Waals surface area (Å²) in [7, 11) is 0. The van der Waals surface area contributed by atoms with E-state index in [9.17, 15) is 19.5 Å². The first-order chi connectivity index (χ1) is 18.7. The van der Waals surface area contributed by atoms with Gasteiger partial charge >= 0.3 is 6.09 Å². The topological polar surface area (TPSA) is 108 Å². The van der Waals surface area contributed by atoms with Gasteiger partial charge < -0.3 is 25.4 Å². The van der Waals surface area contributed by atoms with Gasteiger partial charge in [0.2, 0.25) is 11.8 Å². The van der Waals surface area contributed by atoms with Gasteiger partial charge in [0, 0.05) is 12.1 Å². The molecular weight excluding hydrogens is 506 g/mol. The number of alkyl carbamates (subject to hydrolysis) is 1. The van der Waals surface area contributed by atoms with E-state index in [4.69, 9.17) is 4.74 Å². The van der Waals surface area contributed by atoms with Crippen molar-refractivity contribution in [2.75, 3.05) is 0 Å². The summed E-state index contributed by atoms with van der Waals surface area (Å²) in [4.78, 5) is 43.1. The number of hydrogen-bond donors (Lipinski definition) is 3. The van der Waals surface area contributed by atoms with Crippen LogP contribution in [-0.2, 0) is 14.3 Å². The van der Waals surface area contributed by atoms with Crippen LogP contribution in [-0.4, -0.2) is 51.6 Å². The molecule has 1 aromatic carbocycles. The number of aromatic hydroxyl groups is 1. The largest absolute Gasteiger partial charge is 0.508 e. The molecule has 1 aromatic rings. The molecule has 1 aliphatic carbocycles. The van der Waals surface area contributed by atoms with Crippen LogP contribution in [0.4, 0.5) is 4.79 Å². The normalized spacial score (nSPS) is 17.4. The average Bonchev–Trinajstić information content (AvgIpc) is 2.88. The Kier molecular flexibility index (Phi) is 12.8. The van der Waals surface area contributed by atoms with Crippen molar-refractivity contribution >= 4 is 17.9 Å². The summed E-state index contributed by atoms with van der Waals surface area (Å²) < 4.78 is 5.51. The van der Waals surface area contributed by atoms with E-state index in [1.807, 2.05) is 20.8 Å². The molecule has 226 valence electrons. The van der Waals surface area contributed by atoms with E-state index in [1.165, 1.54) is 0 Å². The van der Waals surface area contributed by atoms with Gasteiger partial charge in [0.1, 0.15) is 23.4 Å². The molecule has 8 heteroatoms. The molecule has 40 heavy (non-hydrogen) atoms. The number of nitrogens with zero attached hydrogens (tertiary/aromatic N) is 1. The molecule has 4 unspecified atom stereocenters. The second kappa shape index (κ2) is 15.3. The highest BCUT2D eigenvalue weighted by molar-refractivity contribution is 5.92. The fourth-order valence-electron chi connectivity index (χ4n) is 5.21. The average molecular weight is 560 g/mol. The molecule has 8 nitrogen and oxygen atoms in total. The van der Waals surface area contributed by atoms with E-state index in [1.54, 1.807) is 49.9 Å². The van der Waals surface area contributed by atoms with Gasteiger partial charge in [-0.15, -0.1) is 0 Å². The minimum Gasteiger partial charge on any atom is -0.508 e. The second-order valence-electron chi connectivity index (χ2n) is 12.9. The number of ether oxygens (including phenoxy) is 1. The monoisotopic (exact) mass is 559 g/mol. The summed E-state index contributed by atoms with van der Waals surface area (Å²) in [5.74, 6) is -0.227. The molecule has 4 atom stereocenters. The first-order valence-corrected chi connectivity index (χ1v) is 15.1. The highest BCUT2D eigenvalue weighted by Crippen LogP contribution is 2.30. The molecule has 0 saturated heterocycles. The SMILES string of the molecule is CCC(C)C(NC(=O)OC(C)(C)C)C(=O)N(C(C)CCC(C)C)C(C(=O)NC1CCCCC1)c1ccc(O)cc1. The van der Waals surface area contributed by atoms with Gasteiger partial charge in [-0.2, -0.15) is 0 Å². The lowest BCUT2D eigenvalue weighted by Gasteiger charge is -2.40. The third kappa shape index (κ3) is 10.3. The molecule has 0 radical (unpaired) electrons. The van der Waals surface area contributed by atoms with E-state index in [0.29, 0.717) is 24.3 Å².